The average Bonchev–Trinajstić information content (AvgIpc) is 2.83. The summed E-state index contributed by atoms with van der Waals surface area (Å²) in [7, 11) is 0. The molecule has 0 saturated heterocycles. The highest BCUT2D eigenvalue weighted by Crippen LogP contribution is 2.07. The summed E-state index contributed by atoms with van der Waals surface area (Å²) in [6, 6.07) is -0.0574. The Hall–Kier alpha value is -1.67. The Morgan fingerprint density at radius 3 is 2.85 bits per heavy atom. The van der Waals surface area contributed by atoms with Gasteiger partial charge in [-0.1, -0.05) is 19.8 Å². The van der Waals surface area contributed by atoms with Crippen molar-refractivity contribution in [2.45, 2.75) is 38.8 Å². The smallest absolute Gasteiger partial charge is 0.307 e. The lowest BCUT2D eigenvalue weighted by Gasteiger charge is -2.16. The van der Waals surface area contributed by atoms with Crippen molar-refractivity contribution in [3.8, 4) is 0 Å². The largest absolute Gasteiger partial charge is 0.350 e. The minimum atomic E-state index is -0.550. The Balaban J connectivity index is 0.00000361. The van der Waals surface area contributed by atoms with Gasteiger partial charge < -0.3 is 11.1 Å². The van der Waals surface area contributed by atoms with Gasteiger partial charge in [-0.3, -0.25) is 19.6 Å². The Labute approximate surface area is 123 Å². The van der Waals surface area contributed by atoms with Crippen molar-refractivity contribution in [2.24, 2.45) is 5.73 Å². The number of amides is 1. The van der Waals surface area contributed by atoms with Crippen molar-refractivity contribution in [3.63, 3.8) is 0 Å². The maximum Gasteiger partial charge on any atom is 0.307 e. The molecule has 1 heterocycles. The fourth-order valence-corrected chi connectivity index (χ4v) is 1.65. The summed E-state index contributed by atoms with van der Waals surface area (Å²) < 4.78 is 1.24. The minimum Gasteiger partial charge on any atom is -0.350 e. The fourth-order valence-electron chi connectivity index (χ4n) is 1.65. The molecule has 1 rings (SSSR count). The molecule has 1 unspecified atom stereocenters. The van der Waals surface area contributed by atoms with Crippen molar-refractivity contribution in [1.29, 1.82) is 0 Å². The molecule has 1 atom stereocenters. The van der Waals surface area contributed by atoms with Crippen LogP contribution in [0.1, 0.15) is 26.2 Å². The molecule has 0 fully saturated rings. The molecule has 1 aromatic heterocycles. The van der Waals surface area contributed by atoms with Crippen molar-refractivity contribution >= 4 is 24.0 Å². The Morgan fingerprint density at radius 1 is 1.65 bits per heavy atom. The molecule has 0 radical (unpaired) electrons. The number of nitrogens with two attached hydrogens (primary N) is 1. The second-order valence-corrected chi connectivity index (χ2v) is 4.30. The number of unbranched alkanes of at least 4 members (excludes halogenated alkanes) is 1. The number of hydrogen-bond donors (Lipinski definition) is 2. The van der Waals surface area contributed by atoms with E-state index in [0.717, 1.165) is 25.5 Å². The number of carbonyl (C=O) groups excluding carboxylic acids is 1. The molecule has 0 aliphatic carbocycles. The van der Waals surface area contributed by atoms with Crippen molar-refractivity contribution in [3.05, 3.63) is 22.5 Å². The van der Waals surface area contributed by atoms with E-state index in [4.69, 9.17) is 5.73 Å². The lowest BCUT2D eigenvalue weighted by atomic mass is 10.1. The Morgan fingerprint density at radius 2 is 2.35 bits per heavy atom. The van der Waals surface area contributed by atoms with Crippen LogP contribution in [0.3, 0.4) is 0 Å². The molecular formula is C11H20ClN5O3. The third-order valence-corrected chi connectivity index (χ3v) is 2.69. The maximum atomic E-state index is 11.7. The normalized spacial score (nSPS) is 11.5. The summed E-state index contributed by atoms with van der Waals surface area (Å²) in [6.07, 6.45) is 5.21. The number of nitrogens with zero attached hydrogens (tertiary/aromatic N) is 3. The van der Waals surface area contributed by atoms with Crippen molar-refractivity contribution in [2.75, 3.05) is 6.54 Å². The van der Waals surface area contributed by atoms with E-state index in [1.54, 1.807) is 0 Å². The van der Waals surface area contributed by atoms with Gasteiger partial charge in [-0.25, -0.2) is 0 Å². The van der Waals surface area contributed by atoms with Gasteiger partial charge in [0.2, 0.25) is 5.91 Å². The quantitative estimate of drug-likeness (QED) is 0.545. The van der Waals surface area contributed by atoms with Gasteiger partial charge >= 0.3 is 5.69 Å². The van der Waals surface area contributed by atoms with Crippen LogP contribution < -0.4 is 11.1 Å². The third-order valence-electron chi connectivity index (χ3n) is 2.69. The fraction of sp³-hybridized carbons (Fsp3) is 0.636. The first-order valence-corrected chi connectivity index (χ1v) is 6.23. The van der Waals surface area contributed by atoms with Gasteiger partial charge in [-0.05, 0) is 6.42 Å². The highest BCUT2D eigenvalue weighted by molar-refractivity contribution is 5.85. The van der Waals surface area contributed by atoms with E-state index in [1.807, 2.05) is 0 Å². The predicted octanol–water partition coefficient (Wildman–Crippen LogP) is 0.847. The topological polar surface area (TPSA) is 116 Å². The van der Waals surface area contributed by atoms with Crippen molar-refractivity contribution in [1.82, 2.24) is 15.1 Å². The van der Waals surface area contributed by atoms with Crippen LogP contribution in [0.15, 0.2) is 12.4 Å². The first-order chi connectivity index (χ1) is 9.06. The van der Waals surface area contributed by atoms with Crippen LogP contribution >= 0.6 is 12.4 Å². The Bertz CT molecular complexity index is 437. The van der Waals surface area contributed by atoms with Gasteiger partial charge in [-0.2, -0.15) is 5.10 Å². The first kappa shape index (κ1) is 18.3. The monoisotopic (exact) mass is 305 g/mol. The maximum absolute atomic E-state index is 11.7. The summed E-state index contributed by atoms with van der Waals surface area (Å²) in [5.74, 6) is -0.246. The van der Waals surface area contributed by atoms with Crippen LogP contribution in [0.25, 0.3) is 0 Å². The van der Waals surface area contributed by atoms with E-state index in [0.29, 0.717) is 6.54 Å². The van der Waals surface area contributed by atoms with Crippen LogP contribution in [0.4, 0.5) is 5.69 Å². The van der Waals surface area contributed by atoms with Crippen LogP contribution in [0, 0.1) is 10.1 Å². The minimum absolute atomic E-state index is 0. The third kappa shape index (κ3) is 5.98. The van der Waals surface area contributed by atoms with Crippen LogP contribution in [-0.2, 0) is 11.3 Å². The molecule has 0 saturated carbocycles. The molecule has 3 N–H and O–H groups in total. The number of halogens is 1. The van der Waals surface area contributed by atoms with E-state index < -0.39 is 4.92 Å². The molecule has 0 aromatic carbocycles. The lowest BCUT2D eigenvalue weighted by molar-refractivity contribution is -0.385. The molecule has 8 nitrogen and oxygen atoms in total. The molecule has 1 aromatic rings. The highest BCUT2D eigenvalue weighted by atomic mass is 35.5. The van der Waals surface area contributed by atoms with Crippen LogP contribution in [0.2, 0.25) is 0 Å². The summed E-state index contributed by atoms with van der Waals surface area (Å²) in [4.78, 5) is 21.7. The molecular weight excluding hydrogens is 286 g/mol. The molecule has 0 bridgehead atoms. The summed E-state index contributed by atoms with van der Waals surface area (Å²) in [5.41, 5.74) is 5.44. The average molecular weight is 306 g/mol. The molecule has 0 spiro atoms. The van der Waals surface area contributed by atoms with Gasteiger partial charge in [0.05, 0.1) is 4.92 Å². The number of hydrogen-bond acceptors (Lipinski definition) is 5. The number of rotatable bonds is 8. The number of carbonyl (C=O) groups is 1. The standard InChI is InChI=1S/C11H19N5O3.ClH/c1-2-3-4-9(5-12)14-11(17)8-15-7-10(6-13-15)16(18)19;/h6-7,9H,2-5,8,12H2,1H3,(H,14,17);1H. The van der Waals surface area contributed by atoms with Gasteiger partial charge in [0.1, 0.15) is 18.9 Å². The molecule has 9 heteroatoms. The molecule has 0 aliphatic rings. The molecule has 1 amide bonds. The summed E-state index contributed by atoms with van der Waals surface area (Å²) >= 11 is 0. The number of aromatic nitrogens is 2. The first-order valence-electron chi connectivity index (χ1n) is 6.23. The van der Waals surface area contributed by atoms with E-state index >= 15 is 0 Å². The second kappa shape index (κ2) is 9.27. The number of nitrogens with one attached hydrogen (secondary N) is 1. The second-order valence-electron chi connectivity index (χ2n) is 4.30. The zero-order valence-electron chi connectivity index (χ0n) is 11.3. The van der Waals surface area contributed by atoms with Gasteiger partial charge in [0.25, 0.3) is 0 Å². The summed E-state index contributed by atoms with van der Waals surface area (Å²) in [6.45, 7) is 2.40. The van der Waals surface area contributed by atoms with E-state index in [9.17, 15) is 14.9 Å². The predicted molar refractivity (Wildman–Crippen MR) is 76.6 cm³/mol. The summed E-state index contributed by atoms with van der Waals surface area (Å²) in [5, 5.41) is 17.0. The zero-order valence-corrected chi connectivity index (χ0v) is 12.1. The SMILES string of the molecule is CCCCC(CN)NC(=O)Cn1cc([N+](=O)[O-])cn1.Cl. The lowest BCUT2D eigenvalue weighted by Crippen LogP contribution is -2.41. The van der Waals surface area contributed by atoms with Crippen LogP contribution in [0.5, 0.6) is 0 Å². The van der Waals surface area contributed by atoms with E-state index in [1.165, 1.54) is 10.9 Å². The van der Waals surface area contributed by atoms with Gasteiger partial charge in [0, 0.05) is 12.6 Å². The number of nitro groups is 1. The van der Waals surface area contributed by atoms with Gasteiger partial charge in [-0.15, -0.1) is 12.4 Å². The Kier molecular flexibility index (Phi) is 8.49. The molecule has 0 aliphatic heterocycles. The molecule has 20 heavy (non-hydrogen) atoms. The highest BCUT2D eigenvalue weighted by Gasteiger charge is 2.13. The van der Waals surface area contributed by atoms with E-state index in [2.05, 4.69) is 17.3 Å². The molecule has 114 valence electrons. The van der Waals surface area contributed by atoms with Crippen molar-refractivity contribution < 1.29 is 9.72 Å². The van der Waals surface area contributed by atoms with Crippen LogP contribution in [-0.4, -0.2) is 33.2 Å². The van der Waals surface area contributed by atoms with E-state index in [-0.39, 0.29) is 36.6 Å². The van der Waals surface area contributed by atoms with Gasteiger partial charge in [0.15, 0.2) is 0 Å². The zero-order chi connectivity index (χ0) is 14.3.